The first kappa shape index (κ1) is 21.6. The van der Waals surface area contributed by atoms with Gasteiger partial charge < -0.3 is 14.5 Å². The van der Waals surface area contributed by atoms with Gasteiger partial charge in [0.1, 0.15) is 5.65 Å². The normalized spacial score (nSPS) is 10.8. The zero-order chi connectivity index (χ0) is 22.5. The van der Waals surface area contributed by atoms with Crippen molar-refractivity contribution in [3.63, 3.8) is 0 Å². The predicted molar refractivity (Wildman–Crippen MR) is 125 cm³/mol. The van der Waals surface area contributed by atoms with Crippen molar-refractivity contribution < 1.29 is 14.3 Å². The molecule has 0 saturated heterocycles. The van der Waals surface area contributed by atoms with Crippen LogP contribution in [0.5, 0.6) is 0 Å². The molecule has 0 radical (unpaired) electrons. The zero-order valence-electron chi connectivity index (χ0n) is 17.5. The quantitative estimate of drug-likeness (QED) is 0.385. The molecule has 162 valence electrons. The summed E-state index contributed by atoms with van der Waals surface area (Å²) in [5, 5.41) is 3.52. The van der Waals surface area contributed by atoms with Crippen LogP contribution in [-0.2, 0) is 16.0 Å². The summed E-state index contributed by atoms with van der Waals surface area (Å²) in [6, 6.07) is 20.0. The number of benzene rings is 2. The summed E-state index contributed by atoms with van der Waals surface area (Å²) in [5.74, 6) is -0.569. The van der Waals surface area contributed by atoms with Gasteiger partial charge in [-0.25, -0.2) is 9.78 Å². The summed E-state index contributed by atoms with van der Waals surface area (Å²) in [5.41, 5.74) is 4.47. The second-order valence-electron chi connectivity index (χ2n) is 7.19. The van der Waals surface area contributed by atoms with E-state index in [-0.39, 0.29) is 12.3 Å². The summed E-state index contributed by atoms with van der Waals surface area (Å²) in [7, 11) is 0. The van der Waals surface area contributed by atoms with Gasteiger partial charge in [-0.15, -0.1) is 0 Å². The molecule has 4 rings (SSSR count). The number of imidazole rings is 1. The van der Waals surface area contributed by atoms with E-state index in [1.807, 2.05) is 53.1 Å². The number of esters is 1. The first-order chi connectivity index (χ1) is 15.5. The summed E-state index contributed by atoms with van der Waals surface area (Å²) in [6.45, 7) is 2.05. The van der Waals surface area contributed by atoms with Gasteiger partial charge in [-0.1, -0.05) is 35.9 Å². The number of aryl methyl sites for hydroxylation is 1. The lowest BCUT2D eigenvalue weighted by molar-refractivity contribution is -0.116. The van der Waals surface area contributed by atoms with E-state index in [0.29, 0.717) is 29.3 Å². The van der Waals surface area contributed by atoms with Crippen molar-refractivity contribution in [2.75, 3.05) is 11.9 Å². The van der Waals surface area contributed by atoms with E-state index >= 15 is 0 Å². The lowest BCUT2D eigenvalue weighted by Gasteiger charge is -2.09. The molecule has 0 aliphatic heterocycles. The van der Waals surface area contributed by atoms with Crippen LogP contribution in [0.15, 0.2) is 72.9 Å². The highest BCUT2D eigenvalue weighted by atomic mass is 35.5. The molecule has 32 heavy (non-hydrogen) atoms. The lowest BCUT2D eigenvalue weighted by Crippen LogP contribution is -2.14. The number of ether oxygens (including phenoxy) is 1. The fraction of sp³-hybridized carbons (Fsp3) is 0.160. The Morgan fingerprint density at radius 1 is 1.06 bits per heavy atom. The largest absolute Gasteiger partial charge is 0.462 e. The number of carbonyl (C=O) groups is 2. The first-order valence-corrected chi connectivity index (χ1v) is 10.7. The summed E-state index contributed by atoms with van der Waals surface area (Å²) >= 11 is 6.04. The number of nitrogens with one attached hydrogen (secondary N) is 1. The number of nitrogens with zero attached hydrogens (tertiary/aromatic N) is 2. The Balaban J connectivity index is 1.52. The average Bonchev–Trinajstić information content (AvgIpc) is 3.17. The fourth-order valence-corrected chi connectivity index (χ4v) is 3.64. The van der Waals surface area contributed by atoms with Gasteiger partial charge in [0.25, 0.3) is 0 Å². The van der Waals surface area contributed by atoms with Crippen LogP contribution >= 0.6 is 11.6 Å². The number of aromatic nitrogens is 2. The van der Waals surface area contributed by atoms with E-state index < -0.39 is 5.97 Å². The molecule has 4 aromatic rings. The number of carbonyl (C=O) groups excluding carboxylic acids is 2. The van der Waals surface area contributed by atoms with Crippen molar-refractivity contribution in [3.05, 3.63) is 89.2 Å². The summed E-state index contributed by atoms with van der Waals surface area (Å²) in [6.07, 6.45) is 2.69. The highest BCUT2D eigenvalue weighted by Crippen LogP contribution is 2.27. The Kier molecular flexibility index (Phi) is 6.52. The maximum atomic E-state index is 12.7. The number of hydrogen-bond acceptors (Lipinski definition) is 4. The number of fused-ring (bicyclic) bond motifs is 1. The van der Waals surface area contributed by atoms with E-state index in [1.165, 1.54) is 0 Å². The smallest absolute Gasteiger partial charge is 0.338 e. The minimum absolute atomic E-state index is 0.154. The molecule has 7 heteroatoms. The number of hydrogen-bond donors (Lipinski definition) is 1. The molecule has 0 saturated carbocycles. The third-order valence-electron chi connectivity index (χ3n) is 4.99. The Morgan fingerprint density at radius 3 is 2.66 bits per heavy atom. The van der Waals surface area contributed by atoms with Crippen molar-refractivity contribution in [1.29, 1.82) is 0 Å². The first-order valence-electron chi connectivity index (χ1n) is 10.3. The van der Waals surface area contributed by atoms with Crippen LogP contribution in [0.3, 0.4) is 0 Å². The third-order valence-corrected chi connectivity index (χ3v) is 5.24. The van der Waals surface area contributed by atoms with Crippen LogP contribution in [0.1, 0.15) is 29.4 Å². The van der Waals surface area contributed by atoms with Gasteiger partial charge in [-0.3, -0.25) is 4.79 Å². The highest BCUT2D eigenvalue weighted by Gasteiger charge is 2.16. The molecule has 0 bridgehead atoms. The SMILES string of the molecule is CCOC(=O)c1cccc(NC(=O)CCc2c(-c3ccc(Cl)cc3)nc3ccccn23)c1. The van der Waals surface area contributed by atoms with Gasteiger partial charge in [-0.2, -0.15) is 0 Å². The second-order valence-corrected chi connectivity index (χ2v) is 7.63. The Hall–Kier alpha value is -3.64. The molecule has 2 heterocycles. The molecule has 0 spiro atoms. The molecule has 0 unspecified atom stereocenters. The van der Waals surface area contributed by atoms with Crippen LogP contribution in [-0.4, -0.2) is 27.9 Å². The number of anilines is 1. The molecule has 0 fully saturated rings. The molecule has 0 aliphatic rings. The lowest BCUT2D eigenvalue weighted by atomic mass is 10.1. The molecule has 1 N–H and O–H groups in total. The van der Waals surface area contributed by atoms with Crippen molar-refractivity contribution in [2.45, 2.75) is 19.8 Å². The summed E-state index contributed by atoms with van der Waals surface area (Å²) < 4.78 is 7.02. The fourth-order valence-electron chi connectivity index (χ4n) is 3.52. The van der Waals surface area contributed by atoms with Gasteiger partial charge in [0.15, 0.2) is 0 Å². The molecule has 2 aromatic heterocycles. The van der Waals surface area contributed by atoms with Crippen LogP contribution in [0.4, 0.5) is 5.69 Å². The van der Waals surface area contributed by atoms with E-state index in [4.69, 9.17) is 21.3 Å². The van der Waals surface area contributed by atoms with E-state index in [0.717, 1.165) is 22.6 Å². The maximum absolute atomic E-state index is 12.7. The topological polar surface area (TPSA) is 72.7 Å². The molecule has 0 aliphatic carbocycles. The average molecular weight is 448 g/mol. The van der Waals surface area contributed by atoms with Crippen LogP contribution in [0.25, 0.3) is 16.9 Å². The standard InChI is InChI=1S/C25H22ClN3O3/c1-2-32-25(31)18-6-5-7-20(16-18)27-23(30)14-13-21-24(17-9-11-19(26)12-10-17)28-22-8-3-4-15-29(21)22/h3-12,15-16H,2,13-14H2,1H3,(H,27,30). The molecular formula is C25H22ClN3O3. The Bertz CT molecular complexity index is 1270. The highest BCUT2D eigenvalue weighted by molar-refractivity contribution is 6.30. The summed E-state index contributed by atoms with van der Waals surface area (Å²) in [4.78, 5) is 29.4. The van der Waals surface area contributed by atoms with Gasteiger partial charge in [0.2, 0.25) is 5.91 Å². The maximum Gasteiger partial charge on any atom is 0.338 e. The van der Waals surface area contributed by atoms with Gasteiger partial charge in [0, 0.05) is 28.9 Å². The second kappa shape index (κ2) is 9.66. The molecule has 6 nitrogen and oxygen atoms in total. The van der Waals surface area contributed by atoms with Gasteiger partial charge in [0.05, 0.1) is 23.6 Å². The number of halogens is 1. The van der Waals surface area contributed by atoms with Crippen molar-refractivity contribution >= 4 is 34.8 Å². The number of amides is 1. The molecule has 2 aromatic carbocycles. The third kappa shape index (κ3) is 4.81. The molecule has 0 atom stereocenters. The van der Waals surface area contributed by atoms with Crippen LogP contribution in [0, 0.1) is 0 Å². The monoisotopic (exact) mass is 447 g/mol. The zero-order valence-corrected chi connectivity index (χ0v) is 18.3. The van der Waals surface area contributed by atoms with Gasteiger partial charge >= 0.3 is 5.97 Å². The molecule has 1 amide bonds. The van der Waals surface area contributed by atoms with Crippen molar-refractivity contribution in [1.82, 2.24) is 9.38 Å². The van der Waals surface area contributed by atoms with Crippen molar-refractivity contribution in [3.8, 4) is 11.3 Å². The van der Waals surface area contributed by atoms with Gasteiger partial charge in [-0.05, 0) is 55.8 Å². The van der Waals surface area contributed by atoms with Crippen molar-refractivity contribution in [2.24, 2.45) is 0 Å². The van der Waals surface area contributed by atoms with E-state index in [2.05, 4.69) is 5.32 Å². The van der Waals surface area contributed by atoms with Crippen LogP contribution in [0.2, 0.25) is 5.02 Å². The predicted octanol–water partition coefficient (Wildman–Crippen LogP) is 5.40. The minimum atomic E-state index is -0.415. The minimum Gasteiger partial charge on any atom is -0.462 e. The van der Waals surface area contributed by atoms with E-state index in [1.54, 1.807) is 31.2 Å². The van der Waals surface area contributed by atoms with Crippen LogP contribution < -0.4 is 5.32 Å². The molecular weight excluding hydrogens is 426 g/mol. The number of pyridine rings is 1. The number of rotatable bonds is 7. The Labute approximate surface area is 190 Å². The van der Waals surface area contributed by atoms with E-state index in [9.17, 15) is 9.59 Å². The Morgan fingerprint density at radius 2 is 1.88 bits per heavy atom.